The zero-order valence-electron chi connectivity index (χ0n) is 12.3. The molecular formula is C13H21ClN4O3. The van der Waals surface area contributed by atoms with Crippen molar-refractivity contribution in [2.24, 2.45) is 0 Å². The van der Waals surface area contributed by atoms with E-state index >= 15 is 0 Å². The van der Waals surface area contributed by atoms with Gasteiger partial charge in [-0.05, 0) is 6.42 Å². The molecule has 118 valence electrons. The van der Waals surface area contributed by atoms with Crippen molar-refractivity contribution in [1.29, 1.82) is 0 Å². The van der Waals surface area contributed by atoms with E-state index in [2.05, 4.69) is 15.7 Å². The van der Waals surface area contributed by atoms with Gasteiger partial charge in [0.05, 0.1) is 25.0 Å². The summed E-state index contributed by atoms with van der Waals surface area (Å²) in [5.74, 6) is -0.0399. The molecule has 0 aliphatic rings. The summed E-state index contributed by atoms with van der Waals surface area (Å²) in [6.45, 7) is 3.76. The quantitative estimate of drug-likeness (QED) is 0.706. The maximum atomic E-state index is 11.9. The zero-order valence-corrected chi connectivity index (χ0v) is 13.1. The number of aromatic nitrogens is 2. The zero-order chi connectivity index (χ0) is 15.7. The lowest BCUT2D eigenvalue weighted by molar-refractivity contribution is -0.120. The number of hydrogen-bond acceptors (Lipinski definition) is 5. The van der Waals surface area contributed by atoms with E-state index in [0.29, 0.717) is 38.3 Å². The van der Waals surface area contributed by atoms with Gasteiger partial charge in [0.2, 0.25) is 5.91 Å². The predicted molar refractivity (Wildman–Crippen MR) is 81.8 cm³/mol. The second-order valence-corrected chi connectivity index (χ2v) is 4.80. The summed E-state index contributed by atoms with van der Waals surface area (Å²) in [7, 11) is 1.55. The molecule has 1 heterocycles. The number of hydrogen-bond donors (Lipinski definition) is 2. The van der Waals surface area contributed by atoms with E-state index in [-0.39, 0.29) is 16.5 Å². The monoisotopic (exact) mass is 316 g/mol. The summed E-state index contributed by atoms with van der Waals surface area (Å²) in [6, 6.07) is 0. The highest BCUT2D eigenvalue weighted by Gasteiger charge is 2.09. The Kier molecular flexibility index (Phi) is 7.78. The molecule has 1 amide bonds. The number of carbonyl (C=O) groups excluding carboxylic acids is 1. The summed E-state index contributed by atoms with van der Waals surface area (Å²) in [5.41, 5.74) is 0.0489. The van der Waals surface area contributed by atoms with Crippen molar-refractivity contribution in [3.8, 4) is 0 Å². The van der Waals surface area contributed by atoms with Crippen molar-refractivity contribution < 1.29 is 9.53 Å². The van der Waals surface area contributed by atoms with Gasteiger partial charge in [-0.25, -0.2) is 4.68 Å². The van der Waals surface area contributed by atoms with Gasteiger partial charge in [0.25, 0.3) is 5.56 Å². The Morgan fingerprint density at radius 2 is 2.24 bits per heavy atom. The Morgan fingerprint density at radius 3 is 2.90 bits per heavy atom. The summed E-state index contributed by atoms with van der Waals surface area (Å²) in [5, 5.41) is 9.78. The van der Waals surface area contributed by atoms with Crippen LogP contribution >= 0.6 is 11.6 Å². The van der Waals surface area contributed by atoms with E-state index in [1.54, 1.807) is 7.11 Å². The van der Waals surface area contributed by atoms with Gasteiger partial charge in [0.15, 0.2) is 0 Å². The summed E-state index contributed by atoms with van der Waals surface area (Å²) >= 11 is 6.00. The average molecular weight is 317 g/mol. The molecule has 0 saturated carbocycles. The number of nitrogens with one attached hydrogen (secondary N) is 2. The number of nitrogens with zero attached hydrogens (tertiary/aromatic N) is 2. The van der Waals surface area contributed by atoms with Crippen LogP contribution in [0.4, 0.5) is 5.69 Å². The Morgan fingerprint density at radius 1 is 1.48 bits per heavy atom. The Labute approximate surface area is 128 Å². The van der Waals surface area contributed by atoms with Crippen LogP contribution in [0.15, 0.2) is 11.0 Å². The van der Waals surface area contributed by atoms with Crippen molar-refractivity contribution in [3.05, 3.63) is 21.6 Å². The van der Waals surface area contributed by atoms with Crippen LogP contribution in [0.2, 0.25) is 5.02 Å². The molecule has 0 fully saturated rings. The molecule has 0 radical (unpaired) electrons. The molecule has 1 rings (SSSR count). The Balaban J connectivity index is 2.54. The molecule has 0 bridgehead atoms. The van der Waals surface area contributed by atoms with Crippen LogP contribution < -0.4 is 16.2 Å². The SMILES string of the molecule is CCCNC(=O)CCNc1cnn(CCOC)c(=O)c1Cl. The van der Waals surface area contributed by atoms with Crippen LogP contribution in [0, 0.1) is 0 Å². The van der Waals surface area contributed by atoms with Gasteiger partial charge >= 0.3 is 0 Å². The maximum Gasteiger partial charge on any atom is 0.287 e. The largest absolute Gasteiger partial charge is 0.383 e. The fourth-order valence-electron chi connectivity index (χ4n) is 1.59. The molecule has 21 heavy (non-hydrogen) atoms. The number of methoxy groups -OCH3 is 1. The smallest absolute Gasteiger partial charge is 0.287 e. The van der Waals surface area contributed by atoms with Crippen LogP contribution in [-0.2, 0) is 16.1 Å². The molecule has 0 saturated heterocycles. The third kappa shape index (κ3) is 5.73. The molecule has 7 nitrogen and oxygen atoms in total. The van der Waals surface area contributed by atoms with Gasteiger partial charge in [-0.2, -0.15) is 5.10 Å². The second kappa shape index (κ2) is 9.36. The highest BCUT2D eigenvalue weighted by Crippen LogP contribution is 2.14. The summed E-state index contributed by atoms with van der Waals surface area (Å²) in [4.78, 5) is 23.4. The fraction of sp³-hybridized carbons (Fsp3) is 0.615. The van der Waals surface area contributed by atoms with Crippen LogP contribution in [0.25, 0.3) is 0 Å². The normalized spacial score (nSPS) is 10.4. The average Bonchev–Trinajstić information content (AvgIpc) is 2.48. The standard InChI is InChI=1S/C13H21ClN4O3/c1-3-5-16-11(19)4-6-15-10-9-17-18(7-8-21-2)13(20)12(10)14/h9,15H,3-8H2,1-2H3,(H,16,19). The molecule has 0 aliphatic carbocycles. The number of anilines is 1. The molecular weight excluding hydrogens is 296 g/mol. The van der Waals surface area contributed by atoms with Crippen LogP contribution in [0.5, 0.6) is 0 Å². The van der Waals surface area contributed by atoms with Gasteiger partial charge in [-0.1, -0.05) is 18.5 Å². The first kappa shape index (κ1) is 17.5. The number of amides is 1. The van der Waals surface area contributed by atoms with Crippen molar-refractivity contribution in [3.63, 3.8) is 0 Å². The van der Waals surface area contributed by atoms with Gasteiger partial charge in [0.1, 0.15) is 5.02 Å². The molecule has 0 atom stereocenters. The van der Waals surface area contributed by atoms with Crippen molar-refractivity contribution >= 4 is 23.2 Å². The minimum absolute atomic E-state index is 0.0399. The van der Waals surface area contributed by atoms with Gasteiger partial charge < -0.3 is 15.4 Å². The highest BCUT2D eigenvalue weighted by molar-refractivity contribution is 6.32. The Bertz CT molecular complexity index is 519. The van der Waals surface area contributed by atoms with Crippen molar-refractivity contribution in [2.45, 2.75) is 26.3 Å². The molecule has 0 aromatic carbocycles. The summed E-state index contributed by atoms with van der Waals surface area (Å²) in [6.07, 6.45) is 2.68. The molecule has 0 spiro atoms. The minimum Gasteiger partial charge on any atom is -0.383 e. The molecule has 8 heteroatoms. The predicted octanol–water partition coefficient (Wildman–Crippen LogP) is 0.871. The second-order valence-electron chi connectivity index (χ2n) is 4.42. The lowest BCUT2D eigenvalue weighted by atomic mass is 10.3. The number of carbonyl (C=O) groups is 1. The lowest BCUT2D eigenvalue weighted by Crippen LogP contribution is -2.27. The molecule has 2 N–H and O–H groups in total. The van der Waals surface area contributed by atoms with E-state index < -0.39 is 0 Å². The van der Waals surface area contributed by atoms with Crippen molar-refractivity contribution in [2.75, 3.05) is 32.1 Å². The fourth-order valence-corrected chi connectivity index (χ4v) is 1.80. The summed E-state index contributed by atoms with van der Waals surface area (Å²) < 4.78 is 6.13. The van der Waals surface area contributed by atoms with E-state index in [1.165, 1.54) is 10.9 Å². The first-order valence-electron chi connectivity index (χ1n) is 6.85. The molecule has 0 aliphatic heterocycles. The number of ether oxygens (including phenoxy) is 1. The first-order chi connectivity index (χ1) is 10.1. The lowest BCUT2D eigenvalue weighted by Gasteiger charge is -2.10. The van der Waals surface area contributed by atoms with Crippen LogP contribution in [0.3, 0.4) is 0 Å². The topological polar surface area (TPSA) is 85.2 Å². The van der Waals surface area contributed by atoms with E-state index in [9.17, 15) is 9.59 Å². The molecule has 0 unspecified atom stereocenters. The first-order valence-corrected chi connectivity index (χ1v) is 7.23. The molecule has 1 aromatic rings. The van der Waals surface area contributed by atoms with Gasteiger partial charge in [-0.15, -0.1) is 0 Å². The third-order valence-corrected chi connectivity index (χ3v) is 3.10. The van der Waals surface area contributed by atoms with Crippen LogP contribution in [-0.4, -0.2) is 42.5 Å². The van der Waals surface area contributed by atoms with E-state index in [0.717, 1.165) is 6.42 Å². The van der Waals surface area contributed by atoms with E-state index in [1.807, 2.05) is 6.92 Å². The van der Waals surface area contributed by atoms with Crippen LogP contribution in [0.1, 0.15) is 19.8 Å². The minimum atomic E-state index is -0.380. The maximum absolute atomic E-state index is 11.9. The molecule has 1 aromatic heterocycles. The van der Waals surface area contributed by atoms with E-state index in [4.69, 9.17) is 16.3 Å². The highest BCUT2D eigenvalue weighted by atomic mass is 35.5. The van der Waals surface area contributed by atoms with Gasteiger partial charge in [-0.3, -0.25) is 9.59 Å². The van der Waals surface area contributed by atoms with Gasteiger partial charge in [0, 0.05) is 26.6 Å². The third-order valence-electron chi connectivity index (χ3n) is 2.73. The number of rotatable bonds is 9. The number of halogens is 1. The van der Waals surface area contributed by atoms with Crippen molar-refractivity contribution in [1.82, 2.24) is 15.1 Å². The Hall–Kier alpha value is -1.60.